The Morgan fingerprint density at radius 1 is 0.882 bits per heavy atom. The van der Waals surface area contributed by atoms with Crippen molar-refractivity contribution in [1.82, 2.24) is 14.7 Å². The lowest BCUT2D eigenvalue weighted by atomic mass is 9.86. The second kappa shape index (κ2) is 5.25. The molecule has 0 bridgehead atoms. The summed E-state index contributed by atoms with van der Waals surface area (Å²) >= 11 is 0. The van der Waals surface area contributed by atoms with Crippen molar-refractivity contribution >= 4 is 0 Å². The van der Waals surface area contributed by atoms with Gasteiger partial charge < -0.3 is 9.80 Å². The molecule has 0 aromatic rings. The SMILES string of the molecule is CC(C)N1CCC(C)(N2CCN(C)CC2)CC1. The van der Waals surface area contributed by atoms with Gasteiger partial charge in [-0.05, 0) is 40.7 Å². The molecule has 2 rings (SSSR count). The van der Waals surface area contributed by atoms with Crippen LogP contribution in [-0.4, -0.2) is 72.6 Å². The van der Waals surface area contributed by atoms with Gasteiger partial charge >= 0.3 is 0 Å². The molecule has 0 radical (unpaired) electrons. The second-order valence-corrected chi connectivity index (χ2v) is 6.42. The first-order valence-electron chi connectivity index (χ1n) is 7.19. The highest BCUT2D eigenvalue weighted by Gasteiger charge is 2.36. The van der Waals surface area contributed by atoms with Gasteiger partial charge in [0.1, 0.15) is 0 Å². The van der Waals surface area contributed by atoms with Crippen molar-refractivity contribution in [1.29, 1.82) is 0 Å². The van der Waals surface area contributed by atoms with Gasteiger partial charge in [0.2, 0.25) is 0 Å². The van der Waals surface area contributed by atoms with E-state index in [0.29, 0.717) is 11.6 Å². The smallest absolute Gasteiger partial charge is 0.0206 e. The average Bonchev–Trinajstić information content (AvgIpc) is 2.30. The van der Waals surface area contributed by atoms with Crippen LogP contribution in [0.4, 0.5) is 0 Å². The van der Waals surface area contributed by atoms with Crippen LogP contribution in [0.1, 0.15) is 33.6 Å². The Labute approximate surface area is 107 Å². The normalized spacial score (nSPS) is 28.8. The zero-order valence-corrected chi connectivity index (χ0v) is 12.1. The summed E-state index contributed by atoms with van der Waals surface area (Å²) in [5.74, 6) is 0. The molecule has 0 aromatic heterocycles. The molecule has 0 amide bonds. The number of likely N-dealkylation sites (tertiary alicyclic amines) is 1. The van der Waals surface area contributed by atoms with Crippen LogP contribution in [0.5, 0.6) is 0 Å². The molecule has 100 valence electrons. The first kappa shape index (κ1) is 13.3. The maximum atomic E-state index is 2.74. The van der Waals surface area contributed by atoms with E-state index >= 15 is 0 Å². The Morgan fingerprint density at radius 3 is 1.88 bits per heavy atom. The Kier molecular flexibility index (Phi) is 4.11. The van der Waals surface area contributed by atoms with Crippen LogP contribution in [0, 0.1) is 0 Å². The predicted octanol–water partition coefficient (Wildman–Crippen LogP) is 1.50. The van der Waals surface area contributed by atoms with Crippen molar-refractivity contribution in [2.24, 2.45) is 0 Å². The molecule has 3 heteroatoms. The Balaban J connectivity index is 1.88. The molecule has 2 heterocycles. The van der Waals surface area contributed by atoms with Crippen molar-refractivity contribution in [2.75, 3.05) is 46.3 Å². The molecule has 17 heavy (non-hydrogen) atoms. The van der Waals surface area contributed by atoms with Crippen molar-refractivity contribution in [3.8, 4) is 0 Å². The third-order valence-electron chi connectivity index (χ3n) is 4.87. The number of piperazine rings is 1. The Bertz CT molecular complexity index is 236. The first-order chi connectivity index (χ1) is 8.01. The summed E-state index contributed by atoms with van der Waals surface area (Å²) in [6.07, 6.45) is 2.68. The molecular weight excluding hydrogens is 210 g/mol. The number of hydrogen-bond donors (Lipinski definition) is 0. The third kappa shape index (κ3) is 3.01. The maximum Gasteiger partial charge on any atom is 0.0206 e. The number of rotatable bonds is 2. The average molecular weight is 239 g/mol. The van der Waals surface area contributed by atoms with Gasteiger partial charge in [-0.25, -0.2) is 0 Å². The molecule has 0 saturated carbocycles. The molecule has 2 fully saturated rings. The summed E-state index contributed by atoms with van der Waals surface area (Å²) in [4.78, 5) is 7.81. The number of nitrogens with zero attached hydrogens (tertiary/aromatic N) is 3. The quantitative estimate of drug-likeness (QED) is 0.723. The summed E-state index contributed by atoms with van der Waals surface area (Å²) < 4.78 is 0. The van der Waals surface area contributed by atoms with Gasteiger partial charge in [-0.3, -0.25) is 4.90 Å². The van der Waals surface area contributed by atoms with Crippen LogP contribution in [0.15, 0.2) is 0 Å². The van der Waals surface area contributed by atoms with Gasteiger partial charge in [-0.1, -0.05) is 0 Å². The molecule has 3 nitrogen and oxygen atoms in total. The van der Waals surface area contributed by atoms with E-state index in [1.54, 1.807) is 0 Å². The minimum absolute atomic E-state index is 0.465. The molecule has 0 N–H and O–H groups in total. The standard InChI is InChI=1S/C14H29N3/c1-13(2)16-7-5-14(3,6-8-16)17-11-9-15(4)10-12-17/h13H,5-12H2,1-4H3. The van der Waals surface area contributed by atoms with Crippen molar-refractivity contribution in [3.05, 3.63) is 0 Å². The Morgan fingerprint density at radius 2 is 1.41 bits per heavy atom. The fourth-order valence-corrected chi connectivity index (χ4v) is 3.18. The van der Waals surface area contributed by atoms with E-state index in [1.165, 1.54) is 52.1 Å². The molecule has 0 unspecified atom stereocenters. The number of piperidine rings is 1. The van der Waals surface area contributed by atoms with E-state index < -0.39 is 0 Å². The summed E-state index contributed by atoms with van der Waals surface area (Å²) in [7, 11) is 2.24. The summed E-state index contributed by atoms with van der Waals surface area (Å²) in [5, 5.41) is 0. The van der Waals surface area contributed by atoms with Crippen molar-refractivity contribution in [3.63, 3.8) is 0 Å². The maximum absolute atomic E-state index is 2.74. The van der Waals surface area contributed by atoms with Gasteiger partial charge in [-0.2, -0.15) is 0 Å². The lowest BCUT2D eigenvalue weighted by Gasteiger charge is -2.50. The van der Waals surface area contributed by atoms with E-state index in [1.807, 2.05) is 0 Å². The van der Waals surface area contributed by atoms with Crippen LogP contribution in [-0.2, 0) is 0 Å². The highest BCUT2D eigenvalue weighted by atomic mass is 15.3. The fourth-order valence-electron chi connectivity index (χ4n) is 3.18. The van der Waals surface area contributed by atoms with Crippen LogP contribution >= 0.6 is 0 Å². The summed E-state index contributed by atoms with van der Waals surface area (Å²) in [6.45, 7) is 14.7. The highest BCUT2D eigenvalue weighted by Crippen LogP contribution is 2.29. The van der Waals surface area contributed by atoms with Crippen LogP contribution < -0.4 is 0 Å². The first-order valence-corrected chi connectivity index (χ1v) is 7.19. The molecule has 0 aromatic carbocycles. The zero-order valence-electron chi connectivity index (χ0n) is 12.1. The monoisotopic (exact) mass is 239 g/mol. The molecule has 0 spiro atoms. The lowest BCUT2D eigenvalue weighted by Crippen LogP contribution is -2.59. The third-order valence-corrected chi connectivity index (χ3v) is 4.87. The topological polar surface area (TPSA) is 9.72 Å². The van der Waals surface area contributed by atoms with Crippen LogP contribution in [0.2, 0.25) is 0 Å². The van der Waals surface area contributed by atoms with Crippen molar-refractivity contribution in [2.45, 2.75) is 45.2 Å². The fraction of sp³-hybridized carbons (Fsp3) is 1.00. The van der Waals surface area contributed by atoms with Gasteiger partial charge in [0.25, 0.3) is 0 Å². The summed E-state index contributed by atoms with van der Waals surface area (Å²) in [5.41, 5.74) is 0.465. The highest BCUT2D eigenvalue weighted by molar-refractivity contribution is 4.94. The molecule has 2 saturated heterocycles. The number of hydrogen-bond acceptors (Lipinski definition) is 3. The van der Waals surface area contributed by atoms with E-state index in [-0.39, 0.29) is 0 Å². The van der Waals surface area contributed by atoms with E-state index in [2.05, 4.69) is 42.5 Å². The zero-order chi connectivity index (χ0) is 12.5. The van der Waals surface area contributed by atoms with Gasteiger partial charge in [0, 0.05) is 50.8 Å². The largest absolute Gasteiger partial charge is 0.304 e. The van der Waals surface area contributed by atoms with Crippen LogP contribution in [0.25, 0.3) is 0 Å². The lowest BCUT2D eigenvalue weighted by molar-refractivity contribution is -0.000988. The van der Waals surface area contributed by atoms with Gasteiger partial charge in [0.05, 0.1) is 0 Å². The van der Waals surface area contributed by atoms with Crippen LogP contribution in [0.3, 0.4) is 0 Å². The predicted molar refractivity (Wildman–Crippen MR) is 73.4 cm³/mol. The molecule has 0 atom stereocenters. The minimum Gasteiger partial charge on any atom is -0.304 e. The molecule has 2 aliphatic heterocycles. The van der Waals surface area contributed by atoms with Gasteiger partial charge in [0.15, 0.2) is 0 Å². The molecule has 2 aliphatic rings. The van der Waals surface area contributed by atoms with E-state index in [4.69, 9.17) is 0 Å². The second-order valence-electron chi connectivity index (χ2n) is 6.42. The molecular formula is C14H29N3. The summed E-state index contributed by atoms with van der Waals surface area (Å²) in [6, 6.07) is 0.715. The van der Waals surface area contributed by atoms with E-state index in [9.17, 15) is 0 Å². The minimum atomic E-state index is 0.465. The van der Waals surface area contributed by atoms with E-state index in [0.717, 1.165) is 0 Å². The van der Waals surface area contributed by atoms with Gasteiger partial charge in [-0.15, -0.1) is 0 Å². The van der Waals surface area contributed by atoms with Crippen molar-refractivity contribution < 1.29 is 0 Å². The molecule has 0 aliphatic carbocycles. The Hall–Kier alpha value is -0.120. The number of likely N-dealkylation sites (N-methyl/N-ethyl adjacent to an activating group) is 1.